The summed E-state index contributed by atoms with van der Waals surface area (Å²) in [6.07, 6.45) is 1.71. The number of hydrazone groups is 1. The van der Waals surface area contributed by atoms with Crippen LogP contribution in [0.3, 0.4) is 0 Å². The molecule has 2 aliphatic heterocycles. The monoisotopic (exact) mass is 328 g/mol. The van der Waals surface area contributed by atoms with Crippen LogP contribution >= 0.6 is 0 Å². The number of carbonyl (C=O) groups is 2. The maximum atomic E-state index is 12.4. The number of amides is 2. The molecule has 24 heavy (non-hydrogen) atoms. The first-order valence-corrected chi connectivity index (χ1v) is 8.48. The van der Waals surface area contributed by atoms with Gasteiger partial charge in [-0.05, 0) is 18.9 Å². The van der Waals surface area contributed by atoms with Crippen LogP contribution in [-0.2, 0) is 9.59 Å². The highest BCUT2D eigenvalue weighted by Crippen LogP contribution is 2.24. The molecule has 0 unspecified atom stereocenters. The third-order valence-electron chi connectivity index (χ3n) is 4.85. The molecule has 2 heterocycles. The first-order chi connectivity index (χ1) is 11.5. The summed E-state index contributed by atoms with van der Waals surface area (Å²) >= 11 is 0. The smallest absolute Gasteiger partial charge is 0.267 e. The predicted octanol–water partition coefficient (Wildman–Crippen LogP) is 1.55. The molecule has 3 rings (SSSR count). The maximum Gasteiger partial charge on any atom is 0.267 e. The van der Waals surface area contributed by atoms with Crippen molar-refractivity contribution in [1.82, 2.24) is 15.2 Å². The second kappa shape index (κ2) is 7.13. The van der Waals surface area contributed by atoms with Gasteiger partial charge in [0.2, 0.25) is 5.91 Å². The van der Waals surface area contributed by atoms with E-state index in [1.807, 2.05) is 6.07 Å². The fourth-order valence-electron chi connectivity index (χ4n) is 3.30. The van der Waals surface area contributed by atoms with Crippen molar-refractivity contribution < 1.29 is 9.59 Å². The molecule has 0 aliphatic carbocycles. The summed E-state index contributed by atoms with van der Waals surface area (Å²) in [5.74, 6) is -0.191. The first kappa shape index (κ1) is 16.6. The molecule has 128 valence electrons. The minimum Gasteiger partial charge on any atom is -0.347 e. The van der Waals surface area contributed by atoms with E-state index >= 15 is 0 Å². The Morgan fingerprint density at radius 2 is 2.04 bits per heavy atom. The third kappa shape index (κ3) is 3.64. The number of likely N-dealkylation sites (tertiary alicyclic amines) is 1. The van der Waals surface area contributed by atoms with Gasteiger partial charge in [0.05, 0.1) is 0 Å². The molecule has 1 aromatic carbocycles. The lowest BCUT2D eigenvalue weighted by Crippen LogP contribution is -2.43. The topological polar surface area (TPSA) is 65.0 Å². The van der Waals surface area contributed by atoms with Crippen LogP contribution in [0.1, 0.15) is 37.8 Å². The number of hydrogen-bond donors (Lipinski definition) is 1. The average Bonchev–Trinajstić information content (AvgIpc) is 3.06. The summed E-state index contributed by atoms with van der Waals surface area (Å²) in [6.45, 7) is 4.00. The number of rotatable bonds is 4. The summed E-state index contributed by atoms with van der Waals surface area (Å²) in [4.78, 5) is 26.2. The first-order valence-electron chi connectivity index (χ1n) is 8.48. The Balaban J connectivity index is 1.56. The van der Waals surface area contributed by atoms with Crippen LogP contribution < -0.4 is 5.32 Å². The van der Waals surface area contributed by atoms with E-state index in [1.54, 1.807) is 7.05 Å². The molecule has 0 spiro atoms. The van der Waals surface area contributed by atoms with Gasteiger partial charge in [-0.1, -0.05) is 30.3 Å². The molecule has 0 saturated carbocycles. The number of nitrogens with zero attached hydrogens (tertiary/aromatic N) is 3. The average molecular weight is 328 g/mol. The van der Waals surface area contributed by atoms with Crippen molar-refractivity contribution >= 4 is 17.5 Å². The van der Waals surface area contributed by atoms with Gasteiger partial charge in [-0.2, -0.15) is 5.10 Å². The van der Waals surface area contributed by atoms with Crippen LogP contribution in [-0.4, -0.2) is 53.6 Å². The van der Waals surface area contributed by atoms with Crippen molar-refractivity contribution in [3.63, 3.8) is 0 Å². The lowest BCUT2D eigenvalue weighted by atomic mass is 10.1. The molecule has 0 radical (unpaired) electrons. The van der Waals surface area contributed by atoms with Gasteiger partial charge in [0.15, 0.2) is 0 Å². The Kier molecular flexibility index (Phi) is 4.94. The van der Waals surface area contributed by atoms with Gasteiger partial charge < -0.3 is 5.32 Å². The highest BCUT2D eigenvalue weighted by Gasteiger charge is 2.29. The largest absolute Gasteiger partial charge is 0.347 e. The highest BCUT2D eigenvalue weighted by atomic mass is 16.2. The van der Waals surface area contributed by atoms with Gasteiger partial charge in [-0.15, -0.1) is 0 Å². The van der Waals surface area contributed by atoms with E-state index in [1.165, 1.54) is 10.6 Å². The molecule has 1 fully saturated rings. The van der Waals surface area contributed by atoms with E-state index in [4.69, 9.17) is 0 Å². The number of carbonyl (C=O) groups excluding carboxylic acids is 2. The predicted molar refractivity (Wildman–Crippen MR) is 92.4 cm³/mol. The minimum atomic E-state index is -0.145. The van der Waals surface area contributed by atoms with Gasteiger partial charge in [0, 0.05) is 45.1 Å². The minimum absolute atomic E-state index is 0.0460. The molecule has 6 heteroatoms. The van der Waals surface area contributed by atoms with E-state index in [9.17, 15) is 9.59 Å². The number of nitrogens with one attached hydrogen (secondary N) is 1. The summed E-state index contributed by atoms with van der Waals surface area (Å²) in [6, 6.07) is 10.9. The zero-order valence-corrected chi connectivity index (χ0v) is 14.2. The zero-order chi connectivity index (χ0) is 17.1. The Morgan fingerprint density at radius 1 is 1.29 bits per heavy atom. The summed E-state index contributed by atoms with van der Waals surface area (Å²) in [7, 11) is 1.59. The molecule has 2 amide bonds. The molecule has 0 aromatic heterocycles. The van der Waals surface area contributed by atoms with Crippen LogP contribution in [0.25, 0.3) is 0 Å². The van der Waals surface area contributed by atoms with Crippen molar-refractivity contribution in [3.8, 4) is 0 Å². The van der Waals surface area contributed by atoms with E-state index in [-0.39, 0.29) is 17.9 Å². The van der Waals surface area contributed by atoms with Crippen molar-refractivity contribution in [2.45, 2.75) is 38.3 Å². The third-order valence-corrected chi connectivity index (χ3v) is 4.85. The second-order valence-corrected chi connectivity index (χ2v) is 6.50. The van der Waals surface area contributed by atoms with Crippen LogP contribution in [0.15, 0.2) is 35.4 Å². The fraction of sp³-hybridized carbons (Fsp3) is 0.500. The van der Waals surface area contributed by atoms with Crippen molar-refractivity contribution in [2.75, 3.05) is 20.1 Å². The standard InChI is InChI=1S/C18H24N4O2/c1-13(14-6-4-3-5-7-14)22-11-10-15(12-22)19-18(24)16-8-9-17(23)21(2)20-16/h3-7,13,15H,8-12H2,1-2H3,(H,19,24)/t13-,15+/m0/s1. The zero-order valence-electron chi connectivity index (χ0n) is 14.2. The molecule has 1 N–H and O–H groups in total. The lowest BCUT2D eigenvalue weighted by Gasteiger charge is -2.25. The van der Waals surface area contributed by atoms with Gasteiger partial charge >= 0.3 is 0 Å². The number of benzene rings is 1. The number of hydrogen-bond acceptors (Lipinski definition) is 4. The van der Waals surface area contributed by atoms with Gasteiger partial charge in [-0.25, -0.2) is 5.01 Å². The van der Waals surface area contributed by atoms with Crippen molar-refractivity contribution in [3.05, 3.63) is 35.9 Å². The fourth-order valence-corrected chi connectivity index (χ4v) is 3.30. The molecule has 2 aliphatic rings. The molecular formula is C18H24N4O2. The summed E-state index contributed by atoms with van der Waals surface area (Å²) in [5, 5.41) is 8.41. The summed E-state index contributed by atoms with van der Waals surface area (Å²) < 4.78 is 0. The van der Waals surface area contributed by atoms with E-state index in [2.05, 4.69) is 46.5 Å². The highest BCUT2D eigenvalue weighted by molar-refractivity contribution is 6.39. The van der Waals surface area contributed by atoms with E-state index in [0.717, 1.165) is 19.5 Å². The Bertz CT molecular complexity index is 644. The Labute approximate surface area is 142 Å². The van der Waals surface area contributed by atoms with E-state index in [0.29, 0.717) is 24.6 Å². The van der Waals surface area contributed by atoms with E-state index < -0.39 is 0 Å². The molecule has 0 bridgehead atoms. The summed E-state index contributed by atoms with van der Waals surface area (Å²) in [5.41, 5.74) is 1.74. The molecule has 6 nitrogen and oxygen atoms in total. The van der Waals surface area contributed by atoms with Gasteiger partial charge in [-0.3, -0.25) is 14.5 Å². The lowest BCUT2D eigenvalue weighted by molar-refractivity contribution is -0.130. The molecule has 2 atom stereocenters. The molecule has 1 aromatic rings. The van der Waals surface area contributed by atoms with Crippen molar-refractivity contribution in [1.29, 1.82) is 0 Å². The molecule has 1 saturated heterocycles. The van der Waals surface area contributed by atoms with Crippen molar-refractivity contribution in [2.24, 2.45) is 5.10 Å². The SMILES string of the molecule is C[C@@H](c1ccccc1)N1CC[C@@H](NC(=O)C2=NN(C)C(=O)CC2)C1. The molecular weight excluding hydrogens is 304 g/mol. The normalized spacial score (nSPS) is 23.1. The van der Waals surface area contributed by atoms with Crippen LogP contribution in [0.5, 0.6) is 0 Å². The van der Waals surface area contributed by atoms with Gasteiger partial charge in [0.25, 0.3) is 5.91 Å². The second-order valence-electron chi connectivity index (χ2n) is 6.50. The van der Waals surface area contributed by atoms with Crippen LogP contribution in [0.4, 0.5) is 0 Å². The van der Waals surface area contributed by atoms with Crippen LogP contribution in [0, 0.1) is 0 Å². The Hall–Kier alpha value is -2.21. The van der Waals surface area contributed by atoms with Gasteiger partial charge in [0.1, 0.15) is 5.71 Å². The Morgan fingerprint density at radius 3 is 2.75 bits per heavy atom. The van der Waals surface area contributed by atoms with Crippen LogP contribution in [0.2, 0.25) is 0 Å². The quantitative estimate of drug-likeness (QED) is 0.912. The maximum absolute atomic E-state index is 12.4.